The van der Waals surface area contributed by atoms with Crippen LogP contribution < -0.4 is 10.6 Å². The van der Waals surface area contributed by atoms with E-state index in [1.54, 1.807) is 18.2 Å². The highest BCUT2D eigenvalue weighted by Gasteiger charge is 2.17. The lowest BCUT2D eigenvalue weighted by atomic mass is 9.94. The van der Waals surface area contributed by atoms with E-state index in [1.807, 2.05) is 6.92 Å². The third-order valence-corrected chi connectivity index (χ3v) is 4.08. The second-order valence-electron chi connectivity index (χ2n) is 5.60. The Balaban J connectivity index is 2.06. The molecule has 0 spiro atoms. The number of nitrogens with one attached hydrogen (secondary N) is 2. The van der Waals surface area contributed by atoms with Crippen molar-refractivity contribution in [3.05, 3.63) is 40.4 Å². The fourth-order valence-electron chi connectivity index (χ4n) is 2.60. The second kappa shape index (κ2) is 7.45. The Kier molecular flexibility index (Phi) is 5.61. The third-order valence-electron chi connectivity index (χ3n) is 3.76. The Labute approximate surface area is 135 Å². The summed E-state index contributed by atoms with van der Waals surface area (Å²) in [5.74, 6) is -0.371. The van der Waals surface area contributed by atoms with E-state index in [1.165, 1.54) is 25.3 Å². The summed E-state index contributed by atoms with van der Waals surface area (Å²) in [6, 6.07) is 4.90. The van der Waals surface area contributed by atoms with Gasteiger partial charge in [-0.2, -0.15) is 0 Å². The van der Waals surface area contributed by atoms with Crippen molar-refractivity contribution in [3.63, 3.8) is 0 Å². The van der Waals surface area contributed by atoms with Gasteiger partial charge in [-0.15, -0.1) is 0 Å². The van der Waals surface area contributed by atoms with Crippen molar-refractivity contribution in [3.8, 4) is 0 Å². The normalized spacial score (nSPS) is 15.7. The molecule has 0 aromatic heterocycles. The van der Waals surface area contributed by atoms with Crippen LogP contribution >= 0.6 is 11.6 Å². The lowest BCUT2D eigenvalue weighted by Crippen LogP contribution is -2.34. The van der Waals surface area contributed by atoms with Gasteiger partial charge in [-0.05, 0) is 50.8 Å². The zero-order valence-corrected chi connectivity index (χ0v) is 13.7. The van der Waals surface area contributed by atoms with Gasteiger partial charge in [0.2, 0.25) is 5.91 Å². The summed E-state index contributed by atoms with van der Waals surface area (Å²) in [5.41, 5.74) is 2.28. The molecule has 1 aliphatic rings. The van der Waals surface area contributed by atoms with Gasteiger partial charge >= 0.3 is 0 Å². The minimum atomic E-state index is -0.196. The largest absolute Gasteiger partial charge is 0.346 e. The molecule has 2 N–H and O–H groups in total. The van der Waals surface area contributed by atoms with Gasteiger partial charge < -0.3 is 10.6 Å². The average molecular weight is 321 g/mol. The molecule has 0 aliphatic heterocycles. The van der Waals surface area contributed by atoms with Crippen LogP contribution in [-0.2, 0) is 4.79 Å². The number of rotatable bonds is 4. The first-order valence-corrected chi connectivity index (χ1v) is 7.92. The third kappa shape index (κ3) is 4.34. The molecule has 2 amide bonds. The van der Waals surface area contributed by atoms with E-state index in [4.69, 9.17) is 11.6 Å². The topological polar surface area (TPSA) is 58.2 Å². The van der Waals surface area contributed by atoms with E-state index in [0.717, 1.165) is 12.8 Å². The van der Waals surface area contributed by atoms with E-state index in [2.05, 4.69) is 16.7 Å². The Morgan fingerprint density at radius 2 is 2.05 bits per heavy atom. The van der Waals surface area contributed by atoms with Gasteiger partial charge in [-0.25, -0.2) is 0 Å². The zero-order chi connectivity index (χ0) is 16.1. The first-order valence-electron chi connectivity index (χ1n) is 7.54. The van der Waals surface area contributed by atoms with Gasteiger partial charge in [0.1, 0.15) is 0 Å². The Morgan fingerprint density at radius 3 is 2.64 bits per heavy atom. The van der Waals surface area contributed by atoms with Gasteiger partial charge in [0, 0.05) is 18.7 Å². The van der Waals surface area contributed by atoms with Gasteiger partial charge in [0.25, 0.3) is 5.91 Å². The minimum absolute atomic E-state index is 0.0129. The standard InChI is InChI=1S/C17H21ClN2O2/c1-11(13-6-4-3-5-7-13)19-17(22)15-9-8-14(10-16(15)18)20-12(2)21/h6,8-11H,3-5,7H2,1-2H3,(H,19,22)(H,20,21). The van der Waals surface area contributed by atoms with Crippen molar-refractivity contribution in [2.24, 2.45) is 0 Å². The number of anilines is 1. The quantitative estimate of drug-likeness (QED) is 0.826. The predicted octanol–water partition coefficient (Wildman–Crippen LogP) is 3.92. The first-order chi connectivity index (χ1) is 10.5. The molecule has 0 fully saturated rings. The molecule has 0 heterocycles. The molecule has 1 aromatic rings. The summed E-state index contributed by atoms with van der Waals surface area (Å²) in [4.78, 5) is 23.4. The molecule has 0 saturated carbocycles. The molecule has 1 unspecified atom stereocenters. The van der Waals surface area contributed by atoms with Crippen LogP contribution in [0.3, 0.4) is 0 Å². The summed E-state index contributed by atoms with van der Waals surface area (Å²) in [6.07, 6.45) is 6.74. The lowest BCUT2D eigenvalue weighted by molar-refractivity contribution is -0.114. The molecule has 0 saturated heterocycles. The highest BCUT2D eigenvalue weighted by atomic mass is 35.5. The molecule has 1 aromatic carbocycles. The van der Waals surface area contributed by atoms with E-state index >= 15 is 0 Å². The molecule has 118 valence electrons. The number of hydrogen-bond donors (Lipinski definition) is 2. The van der Waals surface area contributed by atoms with Crippen molar-refractivity contribution in [2.75, 3.05) is 5.32 Å². The van der Waals surface area contributed by atoms with E-state index in [-0.39, 0.29) is 17.9 Å². The lowest BCUT2D eigenvalue weighted by Gasteiger charge is -2.21. The zero-order valence-electron chi connectivity index (χ0n) is 12.9. The minimum Gasteiger partial charge on any atom is -0.346 e. The van der Waals surface area contributed by atoms with Crippen LogP contribution in [0.5, 0.6) is 0 Å². The maximum Gasteiger partial charge on any atom is 0.253 e. The van der Waals surface area contributed by atoms with Crippen LogP contribution in [-0.4, -0.2) is 17.9 Å². The van der Waals surface area contributed by atoms with E-state index in [0.29, 0.717) is 16.3 Å². The van der Waals surface area contributed by atoms with Gasteiger partial charge in [0.05, 0.1) is 10.6 Å². The average Bonchev–Trinajstić information content (AvgIpc) is 2.47. The summed E-state index contributed by atoms with van der Waals surface area (Å²) in [6.45, 7) is 3.42. The predicted molar refractivity (Wildman–Crippen MR) is 89.2 cm³/mol. The Morgan fingerprint density at radius 1 is 1.27 bits per heavy atom. The van der Waals surface area contributed by atoms with Crippen molar-refractivity contribution in [1.29, 1.82) is 0 Å². The van der Waals surface area contributed by atoms with Crippen LogP contribution in [0.15, 0.2) is 29.8 Å². The van der Waals surface area contributed by atoms with Crippen LogP contribution in [0.2, 0.25) is 5.02 Å². The van der Waals surface area contributed by atoms with Crippen LogP contribution in [0.4, 0.5) is 5.69 Å². The summed E-state index contributed by atoms with van der Waals surface area (Å²) in [7, 11) is 0. The molecular weight excluding hydrogens is 300 g/mol. The molecule has 0 bridgehead atoms. The number of benzene rings is 1. The molecule has 0 radical (unpaired) electrons. The Hall–Kier alpha value is -1.81. The maximum absolute atomic E-state index is 12.3. The van der Waals surface area contributed by atoms with Crippen molar-refractivity contribution in [1.82, 2.24) is 5.32 Å². The molecule has 4 nitrogen and oxygen atoms in total. The molecule has 5 heteroatoms. The first kappa shape index (κ1) is 16.6. The van der Waals surface area contributed by atoms with Crippen LogP contribution in [0.1, 0.15) is 49.9 Å². The number of allylic oxidation sites excluding steroid dienone is 1. The van der Waals surface area contributed by atoms with Crippen LogP contribution in [0.25, 0.3) is 0 Å². The summed E-state index contributed by atoms with van der Waals surface area (Å²) in [5, 5.41) is 5.96. The number of amides is 2. The molecular formula is C17H21ClN2O2. The van der Waals surface area contributed by atoms with Gasteiger partial charge in [-0.3, -0.25) is 9.59 Å². The maximum atomic E-state index is 12.3. The van der Waals surface area contributed by atoms with E-state index < -0.39 is 0 Å². The van der Waals surface area contributed by atoms with Gasteiger partial charge in [-0.1, -0.05) is 23.3 Å². The fraction of sp³-hybridized carbons (Fsp3) is 0.412. The van der Waals surface area contributed by atoms with E-state index in [9.17, 15) is 9.59 Å². The van der Waals surface area contributed by atoms with Crippen LogP contribution in [0, 0.1) is 0 Å². The highest BCUT2D eigenvalue weighted by Crippen LogP contribution is 2.23. The van der Waals surface area contributed by atoms with Crippen molar-refractivity contribution < 1.29 is 9.59 Å². The number of halogens is 1. The number of carbonyl (C=O) groups excluding carboxylic acids is 2. The Bertz CT molecular complexity index is 611. The summed E-state index contributed by atoms with van der Waals surface area (Å²) < 4.78 is 0. The molecule has 1 atom stereocenters. The number of carbonyl (C=O) groups is 2. The van der Waals surface area contributed by atoms with Crippen molar-refractivity contribution in [2.45, 2.75) is 45.6 Å². The molecule has 22 heavy (non-hydrogen) atoms. The number of hydrogen-bond acceptors (Lipinski definition) is 2. The monoisotopic (exact) mass is 320 g/mol. The second-order valence-corrected chi connectivity index (χ2v) is 6.00. The fourth-order valence-corrected chi connectivity index (χ4v) is 2.87. The SMILES string of the molecule is CC(=O)Nc1ccc(C(=O)NC(C)C2=CCCCC2)c(Cl)c1. The van der Waals surface area contributed by atoms with Crippen molar-refractivity contribution >= 4 is 29.1 Å². The van der Waals surface area contributed by atoms with Gasteiger partial charge in [0.15, 0.2) is 0 Å². The summed E-state index contributed by atoms with van der Waals surface area (Å²) >= 11 is 6.15. The highest BCUT2D eigenvalue weighted by molar-refractivity contribution is 6.34. The molecule has 2 rings (SSSR count). The molecule has 1 aliphatic carbocycles. The smallest absolute Gasteiger partial charge is 0.253 e.